The zero-order valence-electron chi connectivity index (χ0n) is 15.4. The zero-order valence-corrected chi connectivity index (χ0v) is 16.2. The highest BCUT2D eigenvalue weighted by atomic mass is 32.1. The Morgan fingerprint density at radius 3 is 2.40 bits per heavy atom. The first-order valence-corrected chi connectivity index (χ1v) is 9.90. The van der Waals surface area contributed by atoms with Crippen molar-refractivity contribution in [1.82, 2.24) is 10.2 Å². The second kappa shape index (κ2) is 8.75. The van der Waals surface area contributed by atoms with E-state index >= 15 is 0 Å². The largest absolute Gasteiger partial charge is 0.497 e. The third-order valence-electron chi connectivity index (χ3n) is 5.54. The topological polar surface area (TPSA) is 33.7 Å². The summed E-state index contributed by atoms with van der Waals surface area (Å²) in [6.07, 6.45) is 10.2. The molecule has 2 aliphatic rings. The molecule has 4 nitrogen and oxygen atoms in total. The Balaban J connectivity index is 1.76. The van der Waals surface area contributed by atoms with E-state index in [-0.39, 0.29) is 0 Å². The molecule has 1 aromatic carbocycles. The molecule has 0 bridgehead atoms. The maximum atomic E-state index is 5.83. The maximum Gasteiger partial charge on any atom is 0.169 e. The van der Waals surface area contributed by atoms with Crippen molar-refractivity contribution in [2.75, 3.05) is 14.2 Å². The van der Waals surface area contributed by atoms with Crippen molar-refractivity contribution >= 4 is 17.3 Å². The standard InChI is InChI=1S/C20H30N2O2S/c1-23-18-12-11-15(19(13-18)24-2)14-22(17-9-5-6-10-17)20(25)21-16-7-3-4-8-16/h11-13,16-17H,3-10,14H2,1-2H3,(H,21,25). The van der Waals surface area contributed by atoms with E-state index in [0.29, 0.717) is 12.1 Å². The van der Waals surface area contributed by atoms with Gasteiger partial charge in [0.1, 0.15) is 11.5 Å². The van der Waals surface area contributed by atoms with Gasteiger partial charge in [-0.1, -0.05) is 25.7 Å². The molecule has 0 aliphatic heterocycles. The Bertz CT molecular complexity index is 581. The van der Waals surface area contributed by atoms with Crippen LogP contribution in [0.5, 0.6) is 11.5 Å². The lowest BCUT2D eigenvalue weighted by Crippen LogP contribution is -2.47. The van der Waals surface area contributed by atoms with Crippen molar-refractivity contribution in [3.05, 3.63) is 23.8 Å². The molecule has 2 fully saturated rings. The van der Waals surface area contributed by atoms with Crippen molar-refractivity contribution in [2.24, 2.45) is 0 Å². The van der Waals surface area contributed by atoms with E-state index in [9.17, 15) is 0 Å². The lowest BCUT2D eigenvalue weighted by molar-refractivity contribution is 0.293. The van der Waals surface area contributed by atoms with Gasteiger partial charge in [-0.05, 0) is 50.0 Å². The molecular formula is C20H30N2O2S. The molecule has 2 saturated carbocycles. The van der Waals surface area contributed by atoms with E-state index < -0.39 is 0 Å². The number of methoxy groups -OCH3 is 2. The second-order valence-electron chi connectivity index (χ2n) is 7.17. The van der Waals surface area contributed by atoms with E-state index in [4.69, 9.17) is 21.7 Å². The summed E-state index contributed by atoms with van der Waals surface area (Å²) in [6, 6.07) is 7.13. The summed E-state index contributed by atoms with van der Waals surface area (Å²) in [5, 5.41) is 4.54. The highest BCUT2D eigenvalue weighted by Crippen LogP contribution is 2.30. The summed E-state index contributed by atoms with van der Waals surface area (Å²) in [4.78, 5) is 2.39. The molecule has 0 atom stereocenters. The monoisotopic (exact) mass is 362 g/mol. The molecule has 5 heteroatoms. The number of hydrogen-bond donors (Lipinski definition) is 1. The molecule has 0 radical (unpaired) electrons. The zero-order chi connectivity index (χ0) is 17.6. The van der Waals surface area contributed by atoms with Crippen molar-refractivity contribution in [3.8, 4) is 11.5 Å². The summed E-state index contributed by atoms with van der Waals surface area (Å²) < 4.78 is 10.9. The van der Waals surface area contributed by atoms with Gasteiger partial charge in [0.05, 0.1) is 14.2 Å². The average Bonchev–Trinajstić information content (AvgIpc) is 3.33. The van der Waals surface area contributed by atoms with Crippen LogP contribution < -0.4 is 14.8 Å². The molecule has 0 saturated heterocycles. The van der Waals surface area contributed by atoms with Crippen LogP contribution in [0, 0.1) is 0 Å². The molecule has 0 spiro atoms. The van der Waals surface area contributed by atoms with Crippen LogP contribution in [0.3, 0.4) is 0 Å². The Kier molecular flexibility index (Phi) is 6.40. The van der Waals surface area contributed by atoms with Crippen LogP contribution in [0.4, 0.5) is 0 Å². The highest BCUT2D eigenvalue weighted by Gasteiger charge is 2.27. The number of benzene rings is 1. The molecule has 0 heterocycles. The third kappa shape index (κ3) is 4.57. The number of thiocarbonyl (C=S) groups is 1. The molecular weight excluding hydrogens is 332 g/mol. The summed E-state index contributed by atoms with van der Waals surface area (Å²) >= 11 is 5.83. The van der Waals surface area contributed by atoms with Crippen LogP contribution in [-0.4, -0.2) is 36.3 Å². The minimum Gasteiger partial charge on any atom is -0.497 e. The number of nitrogens with zero attached hydrogens (tertiary/aromatic N) is 1. The molecule has 1 aromatic rings. The van der Waals surface area contributed by atoms with Crippen LogP contribution in [0.25, 0.3) is 0 Å². The molecule has 0 unspecified atom stereocenters. The minimum atomic E-state index is 0.535. The molecule has 0 amide bonds. The SMILES string of the molecule is COc1ccc(CN(C(=S)NC2CCCC2)C2CCCC2)c(OC)c1. The van der Waals surface area contributed by atoms with Crippen molar-refractivity contribution < 1.29 is 9.47 Å². The van der Waals surface area contributed by atoms with Gasteiger partial charge >= 0.3 is 0 Å². The lowest BCUT2D eigenvalue weighted by Gasteiger charge is -2.33. The fourth-order valence-corrected chi connectivity index (χ4v) is 4.46. The molecule has 138 valence electrons. The first-order chi connectivity index (χ1) is 12.2. The van der Waals surface area contributed by atoms with Crippen LogP contribution in [0.1, 0.15) is 56.9 Å². The lowest BCUT2D eigenvalue weighted by atomic mass is 10.1. The molecule has 0 aromatic heterocycles. The van der Waals surface area contributed by atoms with Crippen LogP contribution >= 0.6 is 12.2 Å². The van der Waals surface area contributed by atoms with Gasteiger partial charge in [-0.25, -0.2) is 0 Å². The second-order valence-corrected chi connectivity index (χ2v) is 7.56. The Morgan fingerprint density at radius 1 is 1.08 bits per heavy atom. The van der Waals surface area contributed by atoms with Crippen LogP contribution in [-0.2, 0) is 6.54 Å². The van der Waals surface area contributed by atoms with Gasteiger partial charge < -0.3 is 19.7 Å². The van der Waals surface area contributed by atoms with Crippen molar-refractivity contribution in [3.63, 3.8) is 0 Å². The van der Waals surface area contributed by atoms with Gasteiger partial charge in [-0.2, -0.15) is 0 Å². The van der Waals surface area contributed by atoms with E-state index in [1.165, 1.54) is 51.4 Å². The summed E-state index contributed by atoms with van der Waals surface area (Å²) in [6.45, 7) is 0.788. The van der Waals surface area contributed by atoms with E-state index in [1.54, 1.807) is 14.2 Å². The fraction of sp³-hybridized carbons (Fsp3) is 0.650. The quantitative estimate of drug-likeness (QED) is 0.765. The average molecular weight is 363 g/mol. The molecule has 2 aliphatic carbocycles. The van der Waals surface area contributed by atoms with Gasteiger partial charge in [0.2, 0.25) is 0 Å². The number of ether oxygens (including phenoxy) is 2. The van der Waals surface area contributed by atoms with Crippen molar-refractivity contribution in [2.45, 2.75) is 70.0 Å². The molecule has 1 N–H and O–H groups in total. The Hall–Kier alpha value is -1.49. The Labute approximate surface area is 156 Å². The summed E-state index contributed by atoms with van der Waals surface area (Å²) in [5.74, 6) is 1.69. The first kappa shape index (κ1) is 18.3. The molecule has 3 rings (SSSR count). The van der Waals surface area contributed by atoms with Gasteiger partial charge in [-0.15, -0.1) is 0 Å². The predicted octanol–water partition coefficient (Wildman–Crippen LogP) is 4.27. The van der Waals surface area contributed by atoms with Crippen LogP contribution in [0.2, 0.25) is 0 Å². The van der Waals surface area contributed by atoms with E-state index in [0.717, 1.165) is 28.7 Å². The number of nitrogens with one attached hydrogen (secondary N) is 1. The fourth-order valence-electron chi connectivity index (χ4n) is 4.08. The van der Waals surface area contributed by atoms with Crippen LogP contribution in [0.15, 0.2) is 18.2 Å². The predicted molar refractivity (Wildman–Crippen MR) is 105 cm³/mol. The molecule has 25 heavy (non-hydrogen) atoms. The summed E-state index contributed by atoms with van der Waals surface area (Å²) in [5.41, 5.74) is 1.16. The summed E-state index contributed by atoms with van der Waals surface area (Å²) in [7, 11) is 3.40. The third-order valence-corrected chi connectivity index (χ3v) is 5.90. The maximum absolute atomic E-state index is 5.83. The first-order valence-electron chi connectivity index (χ1n) is 9.49. The van der Waals surface area contributed by atoms with Gasteiger partial charge in [0.15, 0.2) is 5.11 Å². The van der Waals surface area contributed by atoms with Gasteiger partial charge in [0.25, 0.3) is 0 Å². The highest BCUT2D eigenvalue weighted by molar-refractivity contribution is 7.80. The van der Waals surface area contributed by atoms with E-state index in [1.807, 2.05) is 12.1 Å². The number of rotatable bonds is 6. The Morgan fingerprint density at radius 2 is 1.76 bits per heavy atom. The van der Waals surface area contributed by atoms with Gasteiger partial charge in [-0.3, -0.25) is 0 Å². The van der Waals surface area contributed by atoms with Crippen molar-refractivity contribution in [1.29, 1.82) is 0 Å². The smallest absolute Gasteiger partial charge is 0.169 e. The van der Waals surface area contributed by atoms with Gasteiger partial charge in [0, 0.05) is 30.3 Å². The minimum absolute atomic E-state index is 0.535. The van der Waals surface area contributed by atoms with E-state index in [2.05, 4.69) is 16.3 Å². The normalized spacial score (nSPS) is 18.3. The number of hydrogen-bond acceptors (Lipinski definition) is 3.